The summed E-state index contributed by atoms with van der Waals surface area (Å²) in [4.78, 5) is 19.9. The van der Waals surface area contributed by atoms with Crippen LogP contribution in [0, 0.1) is 13.8 Å². The van der Waals surface area contributed by atoms with Crippen molar-refractivity contribution in [2.75, 3.05) is 25.2 Å². The van der Waals surface area contributed by atoms with Gasteiger partial charge in [0.2, 0.25) is 5.91 Å². The van der Waals surface area contributed by atoms with E-state index in [0.717, 1.165) is 47.0 Å². The Morgan fingerprint density at radius 1 is 0.971 bits per heavy atom. The third kappa shape index (κ3) is 4.74. The highest BCUT2D eigenvalue weighted by molar-refractivity contribution is 5.96. The van der Waals surface area contributed by atoms with Gasteiger partial charge in [-0.2, -0.15) is 0 Å². The van der Waals surface area contributed by atoms with Gasteiger partial charge in [-0.1, -0.05) is 30.3 Å². The Labute approximate surface area is 206 Å². The smallest absolute Gasteiger partial charge is 0.227 e. The molecule has 0 bridgehead atoms. The molecule has 1 aromatic heterocycles. The number of rotatable bonds is 8. The van der Waals surface area contributed by atoms with Gasteiger partial charge in [0.05, 0.1) is 24.8 Å². The third-order valence-electron chi connectivity index (χ3n) is 6.55. The maximum atomic E-state index is 13.0. The molecule has 0 spiro atoms. The lowest BCUT2D eigenvalue weighted by Gasteiger charge is -2.19. The molecule has 0 N–H and O–H groups in total. The quantitative estimate of drug-likeness (QED) is 0.313. The average molecular weight is 470 g/mol. The van der Waals surface area contributed by atoms with Crippen LogP contribution >= 0.6 is 0 Å². The summed E-state index contributed by atoms with van der Waals surface area (Å²) >= 11 is 0. The van der Waals surface area contributed by atoms with Crippen LogP contribution in [0.2, 0.25) is 0 Å². The summed E-state index contributed by atoms with van der Waals surface area (Å²) in [5, 5.41) is 0. The normalized spacial score (nSPS) is 15.7. The standard InChI is InChI=1S/C29H31N3O3/c1-20-15-21(2)17-23(16-20)32-19-22(18-28(32)33)29-30-24-9-4-5-10-25(24)31(29)13-8-14-35-27-12-7-6-11-26(27)34-3/h4-7,9-12,15-17,22H,8,13-14,18-19H2,1-3H3/t22-/m0/s1. The van der Waals surface area contributed by atoms with Crippen LogP contribution in [0.4, 0.5) is 5.69 Å². The summed E-state index contributed by atoms with van der Waals surface area (Å²) in [6, 6.07) is 22.2. The van der Waals surface area contributed by atoms with Gasteiger partial charge >= 0.3 is 0 Å². The lowest BCUT2D eigenvalue weighted by Crippen LogP contribution is -2.24. The van der Waals surface area contributed by atoms with Crippen LogP contribution in [-0.2, 0) is 11.3 Å². The summed E-state index contributed by atoms with van der Waals surface area (Å²) < 4.78 is 13.7. The van der Waals surface area contributed by atoms with E-state index in [2.05, 4.69) is 42.7 Å². The van der Waals surface area contributed by atoms with E-state index in [0.29, 0.717) is 19.6 Å². The molecule has 3 aromatic carbocycles. The molecule has 1 fully saturated rings. The van der Waals surface area contributed by atoms with Crippen molar-refractivity contribution in [1.82, 2.24) is 9.55 Å². The van der Waals surface area contributed by atoms with Crippen molar-refractivity contribution in [3.63, 3.8) is 0 Å². The number of aryl methyl sites for hydroxylation is 3. The number of nitrogens with zero attached hydrogens (tertiary/aromatic N) is 3. The number of imidazole rings is 1. The first-order chi connectivity index (χ1) is 17.0. The predicted molar refractivity (Wildman–Crippen MR) is 138 cm³/mol. The molecule has 0 unspecified atom stereocenters. The number of methoxy groups -OCH3 is 1. The highest BCUT2D eigenvalue weighted by Gasteiger charge is 2.35. The van der Waals surface area contributed by atoms with Gasteiger partial charge in [-0.15, -0.1) is 0 Å². The number of benzene rings is 3. The first-order valence-electron chi connectivity index (χ1n) is 12.1. The molecule has 2 heterocycles. The molecule has 1 atom stereocenters. The molecule has 0 radical (unpaired) electrons. The molecule has 180 valence electrons. The van der Waals surface area contributed by atoms with Gasteiger partial charge in [0.1, 0.15) is 5.82 Å². The van der Waals surface area contributed by atoms with Gasteiger partial charge in [0.25, 0.3) is 0 Å². The van der Waals surface area contributed by atoms with E-state index in [1.807, 2.05) is 47.4 Å². The Hall–Kier alpha value is -3.80. The van der Waals surface area contributed by atoms with Gasteiger partial charge in [-0.3, -0.25) is 4.79 Å². The van der Waals surface area contributed by atoms with Crippen molar-refractivity contribution in [2.45, 2.75) is 39.2 Å². The fourth-order valence-electron chi connectivity index (χ4n) is 5.02. The van der Waals surface area contributed by atoms with E-state index >= 15 is 0 Å². The summed E-state index contributed by atoms with van der Waals surface area (Å²) in [5.41, 5.74) is 5.36. The number of carbonyl (C=O) groups is 1. The topological polar surface area (TPSA) is 56.6 Å². The maximum Gasteiger partial charge on any atom is 0.227 e. The SMILES string of the molecule is COc1ccccc1OCCCn1c([C@H]2CC(=O)N(c3cc(C)cc(C)c3)C2)nc2ccccc21. The van der Waals surface area contributed by atoms with E-state index in [9.17, 15) is 4.79 Å². The molecule has 1 aliphatic heterocycles. The molecule has 1 aliphatic rings. The second kappa shape index (κ2) is 9.82. The van der Waals surface area contributed by atoms with E-state index in [-0.39, 0.29) is 11.8 Å². The summed E-state index contributed by atoms with van der Waals surface area (Å²) in [5.74, 6) is 2.65. The van der Waals surface area contributed by atoms with Crippen molar-refractivity contribution in [3.05, 3.63) is 83.7 Å². The molecule has 1 amide bonds. The Morgan fingerprint density at radius 2 is 1.69 bits per heavy atom. The maximum absolute atomic E-state index is 13.0. The van der Waals surface area contributed by atoms with Crippen molar-refractivity contribution >= 4 is 22.6 Å². The first kappa shape index (κ1) is 23.0. The molecule has 6 nitrogen and oxygen atoms in total. The highest BCUT2D eigenvalue weighted by atomic mass is 16.5. The average Bonchev–Trinajstić information content (AvgIpc) is 3.42. The van der Waals surface area contributed by atoms with Crippen molar-refractivity contribution in [3.8, 4) is 11.5 Å². The highest BCUT2D eigenvalue weighted by Crippen LogP contribution is 2.34. The van der Waals surface area contributed by atoms with E-state index in [1.165, 1.54) is 11.1 Å². The predicted octanol–water partition coefficient (Wildman–Crippen LogP) is 5.65. The number of hydrogen-bond acceptors (Lipinski definition) is 4. The van der Waals surface area contributed by atoms with Crippen molar-refractivity contribution < 1.29 is 14.3 Å². The van der Waals surface area contributed by atoms with E-state index in [4.69, 9.17) is 14.5 Å². The van der Waals surface area contributed by atoms with Crippen molar-refractivity contribution in [1.29, 1.82) is 0 Å². The Bertz CT molecular complexity index is 1340. The Balaban J connectivity index is 1.35. The molecule has 6 heteroatoms. The van der Waals surface area contributed by atoms with Crippen LogP contribution in [-0.4, -0.2) is 35.7 Å². The number of aromatic nitrogens is 2. The zero-order chi connectivity index (χ0) is 24.4. The van der Waals surface area contributed by atoms with E-state index < -0.39 is 0 Å². The zero-order valence-corrected chi connectivity index (χ0v) is 20.5. The van der Waals surface area contributed by atoms with Crippen LogP contribution in [0.25, 0.3) is 11.0 Å². The van der Waals surface area contributed by atoms with Gasteiger partial charge in [0.15, 0.2) is 11.5 Å². The fourth-order valence-corrected chi connectivity index (χ4v) is 5.02. The third-order valence-corrected chi connectivity index (χ3v) is 6.55. The summed E-state index contributed by atoms with van der Waals surface area (Å²) in [6.07, 6.45) is 1.28. The number of amides is 1. The first-order valence-corrected chi connectivity index (χ1v) is 12.1. The molecule has 0 aliphatic carbocycles. The molecule has 1 saturated heterocycles. The second-order valence-corrected chi connectivity index (χ2v) is 9.21. The molecular formula is C29H31N3O3. The number of hydrogen-bond donors (Lipinski definition) is 0. The van der Waals surface area contributed by atoms with Gasteiger partial charge < -0.3 is 18.9 Å². The largest absolute Gasteiger partial charge is 0.493 e. The minimum atomic E-state index is 0.0471. The monoisotopic (exact) mass is 469 g/mol. The van der Waals surface area contributed by atoms with Crippen LogP contribution in [0.5, 0.6) is 11.5 Å². The number of carbonyl (C=O) groups excluding carboxylic acids is 1. The minimum absolute atomic E-state index is 0.0471. The lowest BCUT2D eigenvalue weighted by molar-refractivity contribution is -0.117. The molecule has 35 heavy (non-hydrogen) atoms. The van der Waals surface area contributed by atoms with Crippen LogP contribution in [0.1, 0.15) is 35.7 Å². The zero-order valence-electron chi connectivity index (χ0n) is 20.5. The number of anilines is 1. The lowest BCUT2D eigenvalue weighted by atomic mass is 10.1. The van der Waals surface area contributed by atoms with Gasteiger partial charge in [-0.25, -0.2) is 4.98 Å². The molecule has 4 aromatic rings. The molecule has 0 saturated carbocycles. The minimum Gasteiger partial charge on any atom is -0.493 e. The second-order valence-electron chi connectivity index (χ2n) is 9.21. The number of para-hydroxylation sites is 4. The van der Waals surface area contributed by atoms with Crippen molar-refractivity contribution in [2.24, 2.45) is 0 Å². The number of fused-ring (bicyclic) bond motifs is 1. The summed E-state index contributed by atoms with van der Waals surface area (Å²) in [7, 11) is 1.65. The summed E-state index contributed by atoms with van der Waals surface area (Å²) in [6.45, 7) is 6.11. The number of ether oxygens (including phenoxy) is 2. The van der Waals surface area contributed by atoms with E-state index in [1.54, 1.807) is 7.11 Å². The van der Waals surface area contributed by atoms with Gasteiger partial charge in [0, 0.05) is 31.1 Å². The fraction of sp³-hybridized carbons (Fsp3) is 0.310. The van der Waals surface area contributed by atoms with Crippen LogP contribution in [0.15, 0.2) is 66.7 Å². The Kier molecular flexibility index (Phi) is 6.45. The molecule has 5 rings (SSSR count). The Morgan fingerprint density at radius 3 is 2.46 bits per heavy atom. The van der Waals surface area contributed by atoms with Crippen LogP contribution < -0.4 is 14.4 Å². The van der Waals surface area contributed by atoms with Gasteiger partial charge in [-0.05, 0) is 67.8 Å². The van der Waals surface area contributed by atoms with Crippen LogP contribution in [0.3, 0.4) is 0 Å². The molecular weight excluding hydrogens is 438 g/mol.